The summed E-state index contributed by atoms with van der Waals surface area (Å²) in [5.41, 5.74) is 0. The van der Waals surface area contributed by atoms with Crippen LogP contribution in [0.25, 0.3) is 0 Å². The highest BCUT2D eigenvalue weighted by Crippen LogP contribution is 2.26. The molecular weight excluding hydrogens is 294 g/mol. The van der Waals surface area contributed by atoms with Gasteiger partial charge in [-0.1, -0.05) is 6.92 Å². The van der Waals surface area contributed by atoms with Crippen LogP contribution in [0.3, 0.4) is 0 Å². The van der Waals surface area contributed by atoms with Crippen LogP contribution in [0, 0.1) is 6.92 Å². The largest absolute Gasteiger partial charge is 0.468 e. The van der Waals surface area contributed by atoms with Gasteiger partial charge < -0.3 is 9.30 Å². The molecule has 0 N–H and O–H groups in total. The molecule has 1 unspecified atom stereocenters. The van der Waals surface area contributed by atoms with Crippen LogP contribution in [0.5, 0.6) is 0 Å². The van der Waals surface area contributed by atoms with E-state index >= 15 is 0 Å². The van der Waals surface area contributed by atoms with E-state index in [1.54, 1.807) is 13.1 Å². The first-order chi connectivity index (χ1) is 9.91. The van der Waals surface area contributed by atoms with Gasteiger partial charge in [0.15, 0.2) is 5.03 Å². The molecule has 1 aliphatic rings. The van der Waals surface area contributed by atoms with Crippen molar-refractivity contribution in [3.05, 3.63) is 12.0 Å². The van der Waals surface area contributed by atoms with Gasteiger partial charge in [-0.05, 0) is 26.2 Å². The number of hydrogen-bond donors (Lipinski definition) is 0. The number of carbonyl (C=O) groups is 1. The number of aryl methyl sites for hydroxylation is 2. The summed E-state index contributed by atoms with van der Waals surface area (Å²) >= 11 is 0. The maximum atomic E-state index is 12.7. The molecule has 1 atom stereocenters. The fraction of sp³-hybridized carbons (Fsp3) is 0.692. The van der Waals surface area contributed by atoms with Crippen molar-refractivity contribution >= 4 is 16.0 Å². The monoisotopic (exact) mass is 315 g/mol. The number of hydrogen-bond acceptors (Lipinski definition) is 5. The number of methoxy groups -OCH3 is 1. The Bertz CT molecular complexity index is 623. The van der Waals surface area contributed by atoms with E-state index in [1.165, 1.54) is 11.4 Å². The molecule has 1 saturated heterocycles. The van der Waals surface area contributed by atoms with Gasteiger partial charge in [-0.3, -0.25) is 4.79 Å². The molecule has 0 radical (unpaired) electrons. The zero-order valence-electron chi connectivity index (χ0n) is 12.6. The Hall–Kier alpha value is -1.41. The van der Waals surface area contributed by atoms with Crippen LogP contribution in [0.15, 0.2) is 11.2 Å². The van der Waals surface area contributed by atoms with E-state index in [2.05, 4.69) is 4.98 Å². The standard InChI is InChI=1S/C13H21N3O4S/c1-4-7-15-9-12(14-10(15)2)21(18,19)16-8-5-6-11(16)13(17)20-3/h9,11H,4-8H2,1-3H3. The van der Waals surface area contributed by atoms with Crippen molar-refractivity contribution in [1.29, 1.82) is 0 Å². The highest BCUT2D eigenvalue weighted by molar-refractivity contribution is 7.89. The molecule has 7 nitrogen and oxygen atoms in total. The number of carbonyl (C=O) groups excluding carboxylic acids is 1. The molecule has 1 fully saturated rings. The number of ether oxygens (including phenoxy) is 1. The molecule has 0 aromatic carbocycles. The minimum absolute atomic E-state index is 0.00394. The fourth-order valence-electron chi connectivity index (χ4n) is 2.59. The number of rotatable bonds is 5. The normalized spacial score (nSPS) is 19.9. The van der Waals surface area contributed by atoms with E-state index < -0.39 is 22.0 Å². The van der Waals surface area contributed by atoms with Gasteiger partial charge in [0.1, 0.15) is 11.9 Å². The lowest BCUT2D eigenvalue weighted by atomic mass is 10.2. The number of nitrogens with zero attached hydrogens (tertiary/aromatic N) is 3. The Balaban J connectivity index is 2.33. The summed E-state index contributed by atoms with van der Waals surface area (Å²) in [5, 5.41) is 0.00394. The molecule has 0 saturated carbocycles. The summed E-state index contributed by atoms with van der Waals surface area (Å²) < 4.78 is 33.1. The lowest BCUT2D eigenvalue weighted by Gasteiger charge is -2.20. The second kappa shape index (κ2) is 6.15. The van der Waals surface area contributed by atoms with Crippen LogP contribution >= 0.6 is 0 Å². The molecule has 0 spiro atoms. The number of sulfonamides is 1. The maximum absolute atomic E-state index is 12.7. The molecule has 1 aliphatic heterocycles. The molecule has 1 aromatic rings. The van der Waals surface area contributed by atoms with E-state index in [-0.39, 0.29) is 5.03 Å². The second-order valence-electron chi connectivity index (χ2n) is 5.12. The smallest absolute Gasteiger partial charge is 0.324 e. The molecule has 118 valence electrons. The third-order valence-electron chi connectivity index (χ3n) is 3.67. The van der Waals surface area contributed by atoms with Crippen LogP contribution < -0.4 is 0 Å². The maximum Gasteiger partial charge on any atom is 0.324 e. The minimum Gasteiger partial charge on any atom is -0.468 e. The lowest BCUT2D eigenvalue weighted by molar-refractivity contribution is -0.144. The third-order valence-corrected chi connectivity index (χ3v) is 5.45. The Morgan fingerprint density at radius 3 is 2.86 bits per heavy atom. The van der Waals surface area contributed by atoms with Crippen molar-refractivity contribution in [3.63, 3.8) is 0 Å². The van der Waals surface area contributed by atoms with E-state index in [9.17, 15) is 13.2 Å². The average molecular weight is 315 g/mol. The Labute approximate surface area is 125 Å². The van der Waals surface area contributed by atoms with Crippen molar-refractivity contribution in [2.75, 3.05) is 13.7 Å². The summed E-state index contributed by atoms with van der Waals surface area (Å²) in [5.74, 6) is 0.144. The van der Waals surface area contributed by atoms with Crippen LogP contribution in [0.4, 0.5) is 0 Å². The van der Waals surface area contributed by atoms with Crippen LogP contribution in [-0.2, 0) is 26.1 Å². The second-order valence-corrected chi connectivity index (χ2v) is 6.95. The molecule has 2 rings (SSSR count). The van der Waals surface area contributed by atoms with Gasteiger partial charge >= 0.3 is 5.97 Å². The van der Waals surface area contributed by atoms with Crippen LogP contribution in [-0.4, -0.2) is 47.9 Å². The number of aromatic nitrogens is 2. The van der Waals surface area contributed by atoms with E-state index in [0.717, 1.165) is 13.0 Å². The predicted octanol–water partition coefficient (Wildman–Crippen LogP) is 0.928. The third kappa shape index (κ3) is 2.96. The summed E-state index contributed by atoms with van der Waals surface area (Å²) in [4.78, 5) is 15.9. The van der Waals surface area contributed by atoms with Crippen LogP contribution in [0.2, 0.25) is 0 Å². The molecule has 0 bridgehead atoms. The highest BCUT2D eigenvalue weighted by atomic mass is 32.2. The minimum atomic E-state index is -3.76. The molecule has 21 heavy (non-hydrogen) atoms. The first-order valence-corrected chi connectivity index (χ1v) is 8.49. The van der Waals surface area contributed by atoms with E-state index in [1.807, 2.05) is 11.5 Å². The van der Waals surface area contributed by atoms with Crippen molar-refractivity contribution in [3.8, 4) is 0 Å². The van der Waals surface area contributed by atoms with Crippen molar-refractivity contribution in [2.24, 2.45) is 0 Å². The molecular formula is C13H21N3O4S. The number of esters is 1. The first kappa shape index (κ1) is 16.0. The van der Waals surface area contributed by atoms with E-state index in [0.29, 0.717) is 25.2 Å². The van der Waals surface area contributed by atoms with Gasteiger partial charge in [0.25, 0.3) is 10.0 Å². The lowest BCUT2D eigenvalue weighted by Crippen LogP contribution is -2.41. The van der Waals surface area contributed by atoms with Gasteiger partial charge in [-0.2, -0.15) is 4.31 Å². The SMILES string of the molecule is CCCn1cc(S(=O)(=O)N2CCCC2C(=O)OC)nc1C. The van der Waals surface area contributed by atoms with Gasteiger partial charge in [0.2, 0.25) is 0 Å². The molecule has 2 heterocycles. The Morgan fingerprint density at radius 2 is 2.24 bits per heavy atom. The quantitative estimate of drug-likeness (QED) is 0.755. The summed E-state index contributed by atoms with van der Waals surface area (Å²) in [6, 6.07) is -0.739. The first-order valence-electron chi connectivity index (χ1n) is 7.05. The average Bonchev–Trinajstić information content (AvgIpc) is 3.06. The zero-order valence-corrected chi connectivity index (χ0v) is 13.4. The van der Waals surface area contributed by atoms with Gasteiger partial charge in [-0.15, -0.1) is 0 Å². The molecule has 8 heteroatoms. The summed E-state index contributed by atoms with van der Waals surface area (Å²) in [6.07, 6.45) is 3.57. The number of imidazole rings is 1. The van der Waals surface area contributed by atoms with Crippen LogP contribution in [0.1, 0.15) is 32.0 Å². The van der Waals surface area contributed by atoms with Crippen molar-refractivity contribution < 1.29 is 17.9 Å². The van der Waals surface area contributed by atoms with Gasteiger partial charge in [-0.25, -0.2) is 13.4 Å². The van der Waals surface area contributed by atoms with Gasteiger partial charge in [0, 0.05) is 19.3 Å². The van der Waals surface area contributed by atoms with Gasteiger partial charge in [0.05, 0.1) is 7.11 Å². The Morgan fingerprint density at radius 1 is 1.52 bits per heavy atom. The summed E-state index contributed by atoms with van der Waals surface area (Å²) in [7, 11) is -2.49. The van der Waals surface area contributed by atoms with E-state index in [4.69, 9.17) is 4.74 Å². The highest BCUT2D eigenvalue weighted by Gasteiger charge is 2.41. The molecule has 0 amide bonds. The summed E-state index contributed by atoms with van der Waals surface area (Å²) in [6.45, 7) is 4.83. The molecule has 1 aromatic heterocycles. The topological polar surface area (TPSA) is 81.5 Å². The predicted molar refractivity (Wildman–Crippen MR) is 76.2 cm³/mol. The van der Waals surface area contributed by atoms with Crippen molar-refractivity contribution in [1.82, 2.24) is 13.9 Å². The molecule has 0 aliphatic carbocycles. The van der Waals surface area contributed by atoms with Crippen molar-refractivity contribution in [2.45, 2.75) is 50.7 Å². The fourth-order valence-corrected chi connectivity index (χ4v) is 4.23. The Kier molecular flexibility index (Phi) is 4.67. The zero-order chi connectivity index (χ0) is 15.6.